The van der Waals surface area contributed by atoms with Crippen LogP contribution in [0.1, 0.15) is 12.5 Å². The van der Waals surface area contributed by atoms with Crippen molar-refractivity contribution in [3.63, 3.8) is 0 Å². The third-order valence-corrected chi connectivity index (χ3v) is 2.48. The van der Waals surface area contributed by atoms with E-state index in [4.69, 9.17) is 0 Å². The lowest BCUT2D eigenvalue weighted by molar-refractivity contribution is -0.135. The first-order valence-electron chi connectivity index (χ1n) is 5.35. The van der Waals surface area contributed by atoms with Gasteiger partial charge in [0.25, 0.3) is 0 Å². The number of phenolic OH excluding ortho intramolecular Hbond substituents is 1. The number of carbonyl (C=O) groups is 1. The molecule has 0 radical (unpaired) electrons. The molecule has 5 nitrogen and oxygen atoms in total. The minimum atomic E-state index is -4.87. The van der Waals surface area contributed by atoms with Gasteiger partial charge in [0.1, 0.15) is 17.0 Å². The van der Waals surface area contributed by atoms with Crippen molar-refractivity contribution in [3.8, 4) is 5.75 Å². The Balaban J connectivity index is 2.91. The minimum absolute atomic E-state index is 0.346. The summed E-state index contributed by atoms with van der Waals surface area (Å²) in [4.78, 5) is 22.5. The molecule has 0 saturated carbocycles. The molecule has 0 atom stereocenters. The number of halogens is 3. The van der Waals surface area contributed by atoms with E-state index in [-0.39, 0.29) is 5.75 Å². The molecule has 106 valence electrons. The summed E-state index contributed by atoms with van der Waals surface area (Å²) in [5.41, 5.74) is -4.04. The van der Waals surface area contributed by atoms with Gasteiger partial charge in [-0.3, -0.25) is 4.79 Å². The number of hydrogen-bond donors (Lipinski definition) is 2. The van der Waals surface area contributed by atoms with Gasteiger partial charge in [0.05, 0.1) is 5.56 Å². The van der Waals surface area contributed by atoms with Crippen LogP contribution in [0.15, 0.2) is 27.4 Å². The molecule has 2 N–H and O–H groups in total. The first kappa shape index (κ1) is 13.9. The maximum absolute atomic E-state index is 13.1. The third-order valence-electron chi connectivity index (χ3n) is 2.48. The summed E-state index contributed by atoms with van der Waals surface area (Å²) in [6.07, 6.45) is -4.87. The van der Waals surface area contributed by atoms with E-state index in [0.717, 1.165) is 25.1 Å². The van der Waals surface area contributed by atoms with Crippen LogP contribution in [0, 0.1) is 0 Å². The van der Waals surface area contributed by atoms with Crippen LogP contribution in [0.4, 0.5) is 18.9 Å². The van der Waals surface area contributed by atoms with Crippen molar-refractivity contribution in [1.82, 2.24) is 0 Å². The first-order valence-corrected chi connectivity index (χ1v) is 5.35. The Morgan fingerprint density at radius 1 is 1.35 bits per heavy atom. The molecule has 0 unspecified atom stereocenters. The van der Waals surface area contributed by atoms with E-state index >= 15 is 0 Å². The number of nitrogens with one attached hydrogen (secondary N) is 1. The van der Waals surface area contributed by atoms with Gasteiger partial charge in [0.15, 0.2) is 0 Å². The second-order valence-electron chi connectivity index (χ2n) is 4.00. The molecule has 8 heteroatoms. The lowest BCUT2D eigenvalue weighted by atomic mass is 10.1. The second-order valence-corrected chi connectivity index (χ2v) is 4.00. The SMILES string of the molecule is CC(=O)Nc1c(C(F)(F)F)c2ccc(O)cc2oc1=O. The van der Waals surface area contributed by atoms with Gasteiger partial charge in [-0.15, -0.1) is 0 Å². The Kier molecular flexibility index (Phi) is 3.16. The van der Waals surface area contributed by atoms with E-state index in [1.807, 2.05) is 5.32 Å². The minimum Gasteiger partial charge on any atom is -0.508 e. The van der Waals surface area contributed by atoms with Gasteiger partial charge >= 0.3 is 11.8 Å². The zero-order valence-corrected chi connectivity index (χ0v) is 10.0. The highest BCUT2D eigenvalue weighted by atomic mass is 19.4. The number of aromatic hydroxyl groups is 1. The van der Waals surface area contributed by atoms with Gasteiger partial charge in [-0.25, -0.2) is 4.79 Å². The molecular formula is C12H8F3NO4. The van der Waals surface area contributed by atoms with E-state index < -0.39 is 39.9 Å². The molecule has 0 aliphatic rings. The Hall–Kier alpha value is -2.51. The van der Waals surface area contributed by atoms with Crippen LogP contribution in [-0.2, 0) is 11.0 Å². The molecule has 0 aliphatic heterocycles. The van der Waals surface area contributed by atoms with Crippen molar-refractivity contribution in [2.45, 2.75) is 13.1 Å². The highest BCUT2D eigenvalue weighted by molar-refractivity contribution is 5.94. The Bertz CT molecular complexity index is 749. The first-order chi connectivity index (χ1) is 9.20. The lowest BCUT2D eigenvalue weighted by Crippen LogP contribution is -2.21. The number of anilines is 1. The zero-order chi connectivity index (χ0) is 15.1. The Morgan fingerprint density at radius 2 is 2.00 bits per heavy atom. The van der Waals surface area contributed by atoms with E-state index in [0.29, 0.717) is 0 Å². The van der Waals surface area contributed by atoms with E-state index in [1.54, 1.807) is 0 Å². The zero-order valence-electron chi connectivity index (χ0n) is 10.0. The topological polar surface area (TPSA) is 79.5 Å². The molecule has 1 amide bonds. The third kappa shape index (κ3) is 2.44. The number of rotatable bonds is 1. The van der Waals surface area contributed by atoms with Crippen LogP contribution >= 0.6 is 0 Å². The predicted molar refractivity (Wildman–Crippen MR) is 63.5 cm³/mol. The Morgan fingerprint density at radius 3 is 2.55 bits per heavy atom. The van der Waals surface area contributed by atoms with E-state index in [9.17, 15) is 27.9 Å². The summed E-state index contributed by atoms with van der Waals surface area (Å²) in [5.74, 6) is -1.18. The molecular weight excluding hydrogens is 279 g/mol. The number of carbonyl (C=O) groups excluding carboxylic acids is 1. The fourth-order valence-corrected chi connectivity index (χ4v) is 1.77. The second kappa shape index (κ2) is 4.55. The van der Waals surface area contributed by atoms with Gasteiger partial charge in [-0.2, -0.15) is 13.2 Å². The fourth-order valence-electron chi connectivity index (χ4n) is 1.77. The summed E-state index contributed by atoms with van der Waals surface area (Å²) in [6, 6.07) is 2.88. The molecule has 20 heavy (non-hydrogen) atoms. The van der Waals surface area contributed by atoms with E-state index in [2.05, 4.69) is 4.42 Å². The van der Waals surface area contributed by atoms with Crippen LogP contribution < -0.4 is 10.9 Å². The Labute approximate surface area is 109 Å². The number of benzene rings is 1. The van der Waals surface area contributed by atoms with Crippen molar-refractivity contribution in [2.24, 2.45) is 0 Å². The van der Waals surface area contributed by atoms with Gasteiger partial charge in [-0.1, -0.05) is 0 Å². The van der Waals surface area contributed by atoms with Crippen molar-refractivity contribution >= 4 is 22.6 Å². The summed E-state index contributed by atoms with van der Waals surface area (Å²) in [7, 11) is 0. The smallest absolute Gasteiger partial charge is 0.419 e. The normalized spacial score (nSPS) is 11.6. The van der Waals surface area contributed by atoms with Crippen LogP contribution in [0.5, 0.6) is 5.75 Å². The maximum atomic E-state index is 13.1. The number of alkyl halides is 3. The van der Waals surface area contributed by atoms with Crippen molar-refractivity contribution in [3.05, 3.63) is 34.2 Å². The molecule has 0 fully saturated rings. The predicted octanol–water partition coefficient (Wildman–Crippen LogP) is 2.48. The molecule has 0 aliphatic carbocycles. The summed E-state index contributed by atoms with van der Waals surface area (Å²) < 4.78 is 44.0. The van der Waals surface area contributed by atoms with E-state index in [1.165, 1.54) is 0 Å². The highest BCUT2D eigenvalue weighted by Crippen LogP contribution is 2.39. The van der Waals surface area contributed by atoms with Gasteiger partial charge in [0.2, 0.25) is 5.91 Å². The monoisotopic (exact) mass is 287 g/mol. The molecule has 1 aromatic heterocycles. The number of hydrogen-bond acceptors (Lipinski definition) is 4. The fraction of sp³-hybridized carbons (Fsp3) is 0.167. The quantitative estimate of drug-likeness (QED) is 0.790. The maximum Gasteiger partial charge on any atom is 0.419 e. The molecule has 2 aromatic rings. The van der Waals surface area contributed by atoms with Gasteiger partial charge < -0.3 is 14.8 Å². The van der Waals surface area contributed by atoms with Crippen LogP contribution in [0.3, 0.4) is 0 Å². The average Bonchev–Trinajstić information content (AvgIpc) is 2.27. The molecule has 0 bridgehead atoms. The lowest BCUT2D eigenvalue weighted by Gasteiger charge is -2.14. The standard InChI is InChI=1S/C12H8F3NO4/c1-5(17)16-10-9(12(13,14)15)7-3-2-6(18)4-8(7)20-11(10)19/h2-4,18H,1H3,(H,16,17). The molecule has 0 spiro atoms. The summed E-state index contributed by atoms with van der Waals surface area (Å²) >= 11 is 0. The summed E-state index contributed by atoms with van der Waals surface area (Å²) in [6.45, 7) is 0.973. The summed E-state index contributed by atoms with van der Waals surface area (Å²) in [5, 5.41) is 10.6. The molecule has 0 saturated heterocycles. The van der Waals surface area contributed by atoms with Crippen LogP contribution in [0.25, 0.3) is 11.0 Å². The molecule has 1 heterocycles. The number of phenols is 1. The van der Waals surface area contributed by atoms with Crippen molar-refractivity contribution in [1.29, 1.82) is 0 Å². The number of fused-ring (bicyclic) bond motifs is 1. The van der Waals surface area contributed by atoms with Gasteiger partial charge in [0, 0.05) is 18.4 Å². The molecule has 2 rings (SSSR count). The van der Waals surface area contributed by atoms with Crippen molar-refractivity contribution < 1.29 is 27.5 Å². The van der Waals surface area contributed by atoms with Crippen LogP contribution in [-0.4, -0.2) is 11.0 Å². The van der Waals surface area contributed by atoms with Crippen LogP contribution in [0.2, 0.25) is 0 Å². The van der Waals surface area contributed by atoms with Gasteiger partial charge in [-0.05, 0) is 12.1 Å². The van der Waals surface area contributed by atoms with Crippen molar-refractivity contribution in [2.75, 3.05) is 5.32 Å². The average molecular weight is 287 g/mol. The largest absolute Gasteiger partial charge is 0.508 e. The molecule has 1 aromatic carbocycles. The highest BCUT2D eigenvalue weighted by Gasteiger charge is 2.38. The number of amides is 1.